The van der Waals surface area contributed by atoms with Gasteiger partial charge in [-0.15, -0.1) is 21.5 Å². The number of hydrogen-bond acceptors (Lipinski definition) is 7. The van der Waals surface area contributed by atoms with Gasteiger partial charge < -0.3 is 14.5 Å². The number of hydrogen-bond donors (Lipinski definition) is 0. The Bertz CT molecular complexity index is 1130. The number of morpholine rings is 1. The van der Waals surface area contributed by atoms with E-state index >= 15 is 0 Å². The molecule has 0 bridgehead atoms. The summed E-state index contributed by atoms with van der Waals surface area (Å²) in [5, 5.41) is 11.5. The van der Waals surface area contributed by atoms with E-state index in [0.29, 0.717) is 43.1 Å². The molecule has 0 aliphatic carbocycles. The summed E-state index contributed by atoms with van der Waals surface area (Å²) in [5.74, 6) is 0.662. The zero-order valence-corrected chi connectivity index (χ0v) is 20.1. The molecule has 10 heteroatoms. The van der Waals surface area contributed by atoms with Crippen LogP contribution in [0, 0.1) is 5.82 Å². The van der Waals surface area contributed by atoms with Gasteiger partial charge in [0.05, 0.1) is 30.7 Å². The Morgan fingerprint density at radius 2 is 2.09 bits per heavy atom. The molecular weight excluding hydrogens is 461 g/mol. The Morgan fingerprint density at radius 3 is 2.88 bits per heavy atom. The van der Waals surface area contributed by atoms with E-state index in [4.69, 9.17) is 4.74 Å². The first-order valence-electron chi connectivity index (χ1n) is 11.2. The molecule has 1 fully saturated rings. The zero-order chi connectivity index (χ0) is 22.8. The maximum atomic E-state index is 14.0. The Labute approximate surface area is 200 Å². The highest BCUT2D eigenvalue weighted by Crippen LogP contribution is 2.36. The van der Waals surface area contributed by atoms with Crippen molar-refractivity contribution in [3.63, 3.8) is 0 Å². The molecule has 0 radical (unpaired) electrons. The number of fused-ring (bicyclic) bond motifs is 1. The van der Waals surface area contributed by atoms with Crippen LogP contribution in [0.15, 0.2) is 40.9 Å². The van der Waals surface area contributed by atoms with Crippen LogP contribution in [0.5, 0.6) is 0 Å². The third-order valence-corrected chi connectivity index (χ3v) is 8.01. The molecule has 174 valence electrons. The number of rotatable bonds is 6. The number of benzene rings is 1. The Morgan fingerprint density at radius 1 is 1.24 bits per heavy atom. The van der Waals surface area contributed by atoms with Crippen molar-refractivity contribution in [2.45, 2.75) is 31.0 Å². The summed E-state index contributed by atoms with van der Waals surface area (Å²) in [7, 11) is 0. The molecule has 2 aliphatic rings. The molecule has 33 heavy (non-hydrogen) atoms. The van der Waals surface area contributed by atoms with Crippen LogP contribution in [0.2, 0.25) is 0 Å². The van der Waals surface area contributed by atoms with Crippen molar-refractivity contribution in [1.82, 2.24) is 19.7 Å². The quantitative estimate of drug-likeness (QED) is 0.491. The fraction of sp³-hybridized carbons (Fsp3) is 0.435. The molecule has 5 rings (SSSR count). The Kier molecular flexibility index (Phi) is 6.66. The molecule has 2 aliphatic heterocycles. The summed E-state index contributed by atoms with van der Waals surface area (Å²) in [6, 6.07) is 8.66. The van der Waals surface area contributed by atoms with Gasteiger partial charge in [-0.05, 0) is 48.1 Å². The van der Waals surface area contributed by atoms with Gasteiger partial charge in [-0.1, -0.05) is 24.8 Å². The van der Waals surface area contributed by atoms with E-state index in [1.165, 1.54) is 34.3 Å². The van der Waals surface area contributed by atoms with E-state index < -0.39 is 0 Å². The number of anilines is 1. The second-order valence-corrected chi connectivity index (χ2v) is 9.99. The van der Waals surface area contributed by atoms with Crippen molar-refractivity contribution < 1.29 is 13.9 Å². The first kappa shape index (κ1) is 22.4. The minimum absolute atomic E-state index is 0.0883. The second-order valence-electron chi connectivity index (χ2n) is 8.05. The van der Waals surface area contributed by atoms with E-state index in [1.54, 1.807) is 17.4 Å². The predicted molar refractivity (Wildman–Crippen MR) is 128 cm³/mol. The number of amides is 1. The second kappa shape index (κ2) is 9.82. The number of ether oxygens (including phenoxy) is 1. The summed E-state index contributed by atoms with van der Waals surface area (Å²) in [6.07, 6.45) is 1.79. The van der Waals surface area contributed by atoms with Crippen LogP contribution in [-0.4, -0.2) is 64.2 Å². The molecule has 1 amide bonds. The van der Waals surface area contributed by atoms with Gasteiger partial charge in [0.1, 0.15) is 5.82 Å². The minimum Gasteiger partial charge on any atom is -0.378 e. The van der Waals surface area contributed by atoms with Gasteiger partial charge in [0.15, 0.2) is 5.16 Å². The van der Waals surface area contributed by atoms with Gasteiger partial charge in [0.2, 0.25) is 11.9 Å². The summed E-state index contributed by atoms with van der Waals surface area (Å²) in [6.45, 7) is 5.45. The zero-order valence-electron chi connectivity index (χ0n) is 18.4. The normalized spacial score (nSPS) is 18.4. The lowest BCUT2D eigenvalue weighted by Crippen LogP contribution is -2.40. The van der Waals surface area contributed by atoms with Crippen LogP contribution < -0.4 is 4.90 Å². The summed E-state index contributed by atoms with van der Waals surface area (Å²) >= 11 is 3.13. The van der Waals surface area contributed by atoms with E-state index in [2.05, 4.69) is 33.5 Å². The highest BCUT2D eigenvalue weighted by atomic mass is 32.2. The number of carbonyl (C=O) groups excluding carboxylic acids is 1. The Balaban J connectivity index is 1.38. The first-order valence-corrected chi connectivity index (χ1v) is 13.0. The average molecular weight is 488 g/mol. The first-order chi connectivity index (χ1) is 16.2. The van der Waals surface area contributed by atoms with E-state index in [1.807, 2.05) is 15.5 Å². The number of aromatic nitrogens is 3. The minimum atomic E-state index is -0.327. The van der Waals surface area contributed by atoms with Crippen LogP contribution in [0.25, 0.3) is 5.69 Å². The van der Waals surface area contributed by atoms with Crippen LogP contribution in [0.4, 0.5) is 10.3 Å². The van der Waals surface area contributed by atoms with Crippen molar-refractivity contribution in [1.29, 1.82) is 0 Å². The third-order valence-electron chi connectivity index (χ3n) is 6.10. The van der Waals surface area contributed by atoms with Crippen LogP contribution in [-0.2, 0) is 16.0 Å². The SMILES string of the molecule is CCC1c2ccsc2CCN1C(=O)CSc1nnc(N2CCOCC2)n1-c1cccc(F)c1. The third kappa shape index (κ3) is 4.51. The monoisotopic (exact) mass is 487 g/mol. The number of thioether (sulfide) groups is 1. The lowest BCUT2D eigenvalue weighted by molar-refractivity contribution is -0.131. The molecule has 0 N–H and O–H groups in total. The van der Waals surface area contributed by atoms with Gasteiger partial charge in [-0.3, -0.25) is 9.36 Å². The lowest BCUT2D eigenvalue weighted by atomic mass is 9.98. The summed E-state index contributed by atoms with van der Waals surface area (Å²) in [5.41, 5.74) is 1.92. The topological polar surface area (TPSA) is 63.5 Å². The fourth-order valence-corrected chi connectivity index (χ4v) is 6.27. The molecule has 0 spiro atoms. The van der Waals surface area contributed by atoms with E-state index in [9.17, 15) is 9.18 Å². The van der Waals surface area contributed by atoms with E-state index in [-0.39, 0.29) is 23.5 Å². The summed E-state index contributed by atoms with van der Waals surface area (Å²) < 4.78 is 21.4. The molecule has 2 aromatic heterocycles. The fourth-order valence-electron chi connectivity index (χ4n) is 4.51. The molecule has 3 aromatic rings. The predicted octanol–water partition coefficient (Wildman–Crippen LogP) is 3.93. The number of halogens is 1. The van der Waals surface area contributed by atoms with Gasteiger partial charge in [0.25, 0.3) is 0 Å². The molecule has 1 aromatic carbocycles. The van der Waals surface area contributed by atoms with Crippen molar-refractivity contribution in [2.75, 3.05) is 43.5 Å². The van der Waals surface area contributed by atoms with Gasteiger partial charge in [0, 0.05) is 24.5 Å². The lowest BCUT2D eigenvalue weighted by Gasteiger charge is -2.35. The molecular formula is C23H26FN5O2S2. The molecule has 1 atom stereocenters. The highest BCUT2D eigenvalue weighted by molar-refractivity contribution is 7.99. The molecule has 0 saturated carbocycles. The van der Waals surface area contributed by atoms with Crippen molar-refractivity contribution in [2.24, 2.45) is 0 Å². The van der Waals surface area contributed by atoms with Crippen LogP contribution in [0.3, 0.4) is 0 Å². The average Bonchev–Trinajstić information content (AvgIpc) is 3.49. The van der Waals surface area contributed by atoms with Crippen molar-refractivity contribution >= 4 is 35.0 Å². The largest absolute Gasteiger partial charge is 0.378 e. The number of thiophene rings is 1. The smallest absolute Gasteiger partial charge is 0.233 e. The summed E-state index contributed by atoms with van der Waals surface area (Å²) in [4.78, 5) is 18.7. The van der Waals surface area contributed by atoms with Crippen LogP contribution >= 0.6 is 23.1 Å². The van der Waals surface area contributed by atoms with E-state index in [0.717, 1.165) is 19.4 Å². The maximum Gasteiger partial charge on any atom is 0.233 e. The van der Waals surface area contributed by atoms with Gasteiger partial charge in [-0.2, -0.15) is 0 Å². The molecule has 1 unspecified atom stereocenters. The van der Waals surface area contributed by atoms with Crippen molar-refractivity contribution in [3.8, 4) is 5.69 Å². The van der Waals surface area contributed by atoms with Crippen molar-refractivity contribution in [3.05, 3.63) is 52.0 Å². The molecule has 4 heterocycles. The van der Waals surface area contributed by atoms with Gasteiger partial charge >= 0.3 is 0 Å². The molecule has 7 nitrogen and oxygen atoms in total. The number of carbonyl (C=O) groups is 1. The van der Waals surface area contributed by atoms with Crippen LogP contribution in [0.1, 0.15) is 29.8 Å². The Hall–Kier alpha value is -2.43. The standard InChI is InChI=1S/C23H26FN5O2S2/c1-2-19-18-7-13-32-20(18)6-8-28(19)21(30)15-33-23-26-25-22(27-9-11-31-12-10-27)29(23)17-5-3-4-16(24)14-17/h3-5,7,13-14,19H,2,6,8-12,15H2,1H3. The number of nitrogens with zero attached hydrogens (tertiary/aromatic N) is 5. The molecule has 1 saturated heterocycles. The highest BCUT2D eigenvalue weighted by Gasteiger charge is 2.31. The van der Waals surface area contributed by atoms with Gasteiger partial charge in [-0.25, -0.2) is 4.39 Å². The maximum absolute atomic E-state index is 14.0.